The summed E-state index contributed by atoms with van der Waals surface area (Å²) in [5, 5.41) is 11.2. The average Bonchev–Trinajstić information content (AvgIpc) is 3.08. The average molecular weight is 318 g/mol. The Kier molecular flexibility index (Phi) is 6.02. The minimum absolute atomic E-state index is 0.243. The number of thioether (sulfide) groups is 1. The van der Waals surface area contributed by atoms with Gasteiger partial charge in [0.05, 0.1) is 19.8 Å². The number of nitrogens with zero attached hydrogens (tertiary/aromatic N) is 3. The van der Waals surface area contributed by atoms with Crippen molar-refractivity contribution in [2.45, 2.75) is 24.0 Å². The first kappa shape index (κ1) is 15.5. The summed E-state index contributed by atoms with van der Waals surface area (Å²) in [5.74, 6) is 0.999. The first-order valence-corrected chi connectivity index (χ1v) is 8.21. The third-order valence-corrected chi connectivity index (χ3v) is 4.69. The smallest absolute Gasteiger partial charge is 0.323 e. The third-order valence-electron chi connectivity index (χ3n) is 2.51. The zero-order valence-electron chi connectivity index (χ0n) is 11.5. The highest BCUT2D eigenvalue weighted by Crippen LogP contribution is 2.25. The van der Waals surface area contributed by atoms with Crippen LogP contribution in [0.4, 0.5) is 9.93 Å². The van der Waals surface area contributed by atoms with Crippen molar-refractivity contribution >= 4 is 34.3 Å². The molecule has 0 atom stereocenters. The highest BCUT2D eigenvalue weighted by Gasteiger charge is 2.21. The fourth-order valence-electron chi connectivity index (χ4n) is 1.51. The van der Waals surface area contributed by atoms with E-state index in [1.165, 1.54) is 16.2 Å². The molecule has 7 nitrogen and oxygen atoms in total. The maximum atomic E-state index is 12.0. The molecule has 0 unspecified atom stereocenters. The van der Waals surface area contributed by atoms with Crippen LogP contribution in [0.25, 0.3) is 0 Å². The maximum Gasteiger partial charge on any atom is 0.323 e. The Labute approximate surface area is 126 Å². The van der Waals surface area contributed by atoms with E-state index < -0.39 is 0 Å². The van der Waals surface area contributed by atoms with Gasteiger partial charge in [0.1, 0.15) is 0 Å². The molecule has 1 N–H and O–H groups in total. The van der Waals surface area contributed by atoms with E-state index in [-0.39, 0.29) is 12.3 Å². The molecule has 1 aromatic heterocycles. The van der Waals surface area contributed by atoms with Crippen LogP contribution in [-0.4, -0.2) is 60.0 Å². The second kappa shape index (κ2) is 7.77. The number of anilines is 1. The van der Waals surface area contributed by atoms with Crippen molar-refractivity contribution in [1.29, 1.82) is 0 Å². The van der Waals surface area contributed by atoms with Gasteiger partial charge in [-0.25, -0.2) is 4.79 Å². The van der Waals surface area contributed by atoms with Gasteiger partial charge in [-0.15, -0.1) is 10.2 Å². The summed E-state index contributed by atoms with van der Waals surface area (Å²) in [4.78, 5) is 13.5. The number of hydrogen-bond donors (Lipinski definition) is 1. The molecular weight excluding hydrogens is 300 g/mol. The summed E-state index contributed by atoms with van der Waals surface area (Å²) in [7, 11) is 1.69. The molecule has 1 fully saturated rings. The highest BCUT2D eigenvalue weighted by molar-refractivity contribution is 8.01. The molecule has 0 aromatic carbocycles. The molecule has 0 radical (unpaired) electrons. The van der Waals surface area contributed by atoms with Crippen molar-refractivity contribution in [3.63, 3.8) is 0 Å². The van der Waals surface area contributed by atoms with E-state index in [1.807, 2.05) is 0 Å². The van der Waals surface area contributed by atoms with Gasteiger partial charge in [0, 0.05) is 12.8 Å². The van der Waals surface area contributed by atoms with Gasteiger partial charge in [0.2, 0.25) is 5.13 Å². The van der Waals surface area contributed by atoms with Crippen LogP contribution in [0.3, 0.4) is 0 Å². The normalized spacial score (nSPS) is 15.5. The van der Waals surface area contributed by atoms with Crippen molar-refractivity contribution in [3.8, 4) is 0 Å². The third kappa shape index (κ3) is 4.58. The number of likely N-dealkylation sites (N-methyl/N-ethyl adjacent to an activating group) is 1. The van der Waals surface area contributed by atoms with Crippen molar-refractivity contribution in [2.75, 3.05) is 37.9 Å². The predicted molar refractivity (Wildman–Crippen MR) is 78.3 cm³/mol. The molecule has 112 valence electrons. The van der Waals surface area contributed by atoms with E-state index >= 15 is 0 Å². The monoisotopic (exact) mass is 318 g/mol. The van der Waals surface area contributed by atoms with Crippen LogP contribution in [0.15, 0.2) is 4.34 Å². The second-order valence-electron chi connectivity index (χ2n) is 4.20. The Hall–Kier alpha value is -0.900. The predicted octanol–water partition coefficient (Wildman–Crippen LogP) is 1.88. The summed E-state index contributed by atoms with van der Waals surface area (Å²) >= 11 is 3.02. The Bertz CT molecular complexity index is 437. The number of hydrogen-bond acceptors (Lipinski definition) is 7. The van der Waals surface area contributed by atoms with Crippen molar-refractivity contribution in [2.24, 2.45) is 0 Å². The molecule has 20 heavy (non-hydrogen) atoms. The van der Waals surface area contributed by atoms with Gasteiger partial charge < -0.3 is 14.4 Å². The lowest BCUT2D eigenvalue weighted by Crippen LogP contribution is -2.37. The zero-order valence-corrected chi connectivity index (χ0v) is 13.1. The van der Waals surface area contributed by atoms with Crippen LogP contribution in [0.2, 0.25) is 0 Å². The zero-order chi connectivity index (χ0) is 14.4. The summed E-state index contributed by atoms with van der Waals surface area (Å²) in [6.45, 7) is 3.66. The van der Waals surface area contributed by atoms with E-state index in [4.69, 9.17) is 9.47 Å². The molecule has 0 spiro atoms. The summed E-state index contributed by atoms with van der Waals surface area (Å²) in [6.07, 6.45) is 0.742. The maximum absolute atomic E-state index is 12.0. The molecule has 1 aliphatic rings. The minimum Gasteiger partial charge on any atom is -0.348 e. The number of amides is 2. The molecule has 0 bridgehead atoms. The second-order valence-corrected chi connectivity index (χ2v) is 6.52. The molecule has 1 saturated heterocycles. The summed E-state index contributed by atoms with van der Waals surface area (Å²) in [6, 6.07) is -0.243. The SMILES string of the molecule is CCCSc1nnc(NC(=O)N(C)CC2OCCO2)s1. The standard InChI is InChI=1S/C11H18N4O3S2/c1-3-6-19-11-14-13-9(20-11)12-10(16)15(2)7-8-17-4-5-18-8/h8H,3-7H2,1-2H3,(H,12,13,16). The number of carbonyl (C=O) groups excluding carboxylic acids is 1. The Morgan fingerprint density at radius 3 is 2.95 bits per heavy atom. The van der Waals surface area contributed by atoms with Gasteiger partial charge in [-0.1, -0.05) is 30.0 Å². The van der Waals surface area contributed by atoms with Crippen molar-refractivity contribution in [3.05, 3.63) is 0 Å². The molecule has 2 rings (SSSR count). The molecule has 2 heterocycles. The van der Waals surface area contributed by atoms with Gasteiger partial charge in [0.15, 0.2) is 10.6 Å². The lowest BCUT2D eigenvalue weighted by atomic mass is 10.5. The van der Waals surface area contributed by atoms with Gasteiger partial charge in [-0.05, 0) is 6.42 Å². The quantitative estimate of drug-likeness (QED) is 0.637. The molecule has 0 saturated carbocycles. The Balaban J connectivity index is 1.79. The minimum atomic E-state index is -0.337. The first-order valence-electron chi connectivity index (χ1n) is 6.40. The van der Waals surface area contributed by atoms with E-state index in [0.717, 1.165) is 16.5 Å². The van der Waals surface area contributed by atoms with Gasteiger partial charge in [-0.3, -0.25) is 5.32 Å². The fraction of sp³-hybridized carbons (Fsp3) is 0.727. The fourth-order valence-corrected chi connectivity index (χ4v) is 3.18. The number of nitrogens with one attached hydrogen (secondary N) is 1. The highest BCUT2D eigenvalue weighted by atomic mass is 32.2. The Morgan fingerprint density at radius 2 is 2.25 bits per heavy atom. The van der Waals surface area contributed by atoms with E-state index in [2.05, 4.69) is 22.4 Å². The number of rotatable bonds is 6. The lowest BCUT2D eigenvalue weighted by Gasteiger charge is -2.19. The molecule has 1 aliphatic heterocycles. The van der Waals surface area contributed by atoms with Crippen molar-refractivity contribution < 1.29 is 14.3 Å². The Morgan fingerprint density at radius 1 is 1.50 bits per heavy atom. The van der Waals surface area contributed by atoms with E-state index in [1.54, 1.807) is 18.8 Å². The molecule has 9 heteroatoms. The first-order chi connectivity index (χ1) is 9.69. The molecular formula is C11H18N4O3S2. The molecule has 0 aliphatic carbocycles. The van der Waals surface area contributed by atoms with E-state index in [0.29, 0.717) is 24.9 Å². The van der Waals surface area contributed by atoms with Crippen LogP contribution >= 0.6 is 23.1 Å². The van der Waals surface area contributed by atoms with Gasteiger partial charge >= 0.3 is 6.03 Å². The summed E-state index contributed by atoms with van der Waals surface area (Å²) in [5.41, 5.74) is 0. The number of aromatic nitrogens is 2. The number of urea groups is 1. The van der Waals surface area contributed by atoms with Crippen LogP contribution < -0.4 is 5.32 Å². The van der Waals surface area contributed by atoms with Crippen molar-refractivity contribution in [1.82, 2.24) is 15.1 Å². The lowest BCUT2D eigenvalue weighted by molar-refractivity contribution is -0.0518. The van der Waals surface area contributed by atoms with Gasteiger partial charge in [-0.2, -0.15) is 0 Å². The van der Waals surface area contributed by atoms with Crippen LogP contribution in [0.1, 0.15) is 13.3 Å². The van der Waals surface area contributed by atoms with E-state index in [9.17, 15) is 4.79 Å². The molecule has 2 amide bonds. The van der Waals surface area contributed by atoms with Crippen LogP contribution in [0.5, 0.6) is 0 Å². The van der Waals surface area contributed by atoms with Gasteiger partial charge in [0.25, 0.3) is 0 Å². The number of ether oxygens (including phenoxy) is 2. The van der Waals surface area contributed by atoms with Crippen LogP contribution in [-0.2, 0) is 9.47 Å². The summed E-state index contributed by atoms with van der Waals surface area (Å²) < 4.78 is 11.5. The van der Waals surface area contributed by atoms with Crippen LogP contribution in [0, 0.1) is 0 Å². The largest absolute Gasteiger partial charge is 0.348 e. The number of carbonyl (C=O) groups is 1. The molecule has 1 aromatic rings. The topological polar surface area (TPSA) is 76.6 Å².